The van der Waals surface area contributed by atoms with Crippen molar-refractivity contribution in [3.8, 4) is 0 Å². The molecule has 0 bridgehead atoms. The first kappa shape index (κ1) is 12.3. The average molecular weight is 248 g/mol. The normalized spacial score (nSPS) is 12.4. The first-order chi connectivity index (χ1) is 8.63. The number of amides is 1. The van der Waals surface area contributed by atoms with Gasteiger partial charge in [-0.25, -0.2) is 4.98 Å². The lowest BCUT2D eigenvalue weighted by molar-refractivity contribution is 0.0928. The predicted molar refractivity (Wildman–Crippen MR) is 64.9 cm³/mol. The van der Waals surface area contributed by atoms with Gasteiger partial charge in [-0.1, -0.05) is 6.92 Å². The van der Waals surface area contributed by atoms with Crippen LogP contribution in [0.4, 0.5) is 0 Å². The van der Waals surface area contributed by atoms with Gasteiger partial charge in [-0.05, 0) is 19.4 Å². The van der Waals surface area contributed by atoms with Crippen LogP contribution >= 0.6 is 0 Å². The number of nitrogens with one attached hydrogen (secondary N) is 1. The lowest BCUT2D eigenvalue weighted by atomic mass is 10.1. The molecule has 0 aliphatic carbocycles. The minimum absolute atomic E-state index is 0.0823. The van der Waals surface area contributed by atoms with E-state index in [2.05, 4.69) is 15.4 Å². The van der Waals surface area contributed by atoms with Crippen LogP contribution in [-0.4, -0.2) is 20.7 Å². The summed E-state index contributed by atoms with van der Waals surface area (Å²) in [5, 5.41) is 7.04. The van der Waals surface area contributed by atoms with Crippen LogP contribution in [0.3, 0.4) is 0 Å². The van der Waals surface area contributed by atoms with Crippen molar-refractivity contribution in [1.82, 2.24) is 20.1 Å². The van der Waals surface area contributed by atoms with Gasteiger partial charge in [-0.2, -0.15) is 5.10 Å². The summed E-state index contributed by atoms with van der Waals surface area (Å²) in [5.74, 6) is 0.293. The first-order valence-electron chi connectivity index (χ1n) is 5.82. The fourth-order valence-corrected chi connectivity index (χ4v) is 1.86. The molecule has 1 atom stereocenters. The molecule has 0 saturated heterocycles. The monoisotopic (exact) mass is 248 g/mol. The van der Waals surface area contributed by atoms with Crippen LogP contribution in [0.15, 0.2) is 23.1 Å². The van der Waals surface area contributed by atoms with Crippen molar-refractivity contribution in [2.75, 3.05) is 0 Å². The number of oxazole rings is 1. The second-order valence-electron chi connectivity index (χ2n) is 4.07. The Morgan fingerprint density at radius 3 is 2.89 bits per heavy atom. The zero-order valence-electron chi connectivity index (χ0n) is 10.7. The van der Waals surface area contributed by atoms with Gasteiger partial charge in [0.05, 0.1) is 11.7 Å². The van der Waals surface area contributed by atoms with Gasteiger partial charge in [0.1, 0.15) is 5.76 Å². The summed E-state index contributed by atoms with van der Waals surface area (Å²) in [6.45, 7) is 3.72. The van der Waals surface area contributed by atoms with Crippen LogP contribution in [0.2, 0.25) is 0 Å². The quantitative estimate of drug-likeness (QED) is 0.891. The highest BCUT2D eigenvalue weighted by Gasteiger charge is 2.19. The summed E-state index contributed by atoms with van der Waals surface area (Å²) in [7, 11) is 1.85. The van der Waals surface area contributed by atoms with Crippen molar-refractivity contribution >= 4 is 5.91 Å². The molecule has 18 heavy (non-hydrogen) atoms. The molecule has 2 heterocycles. The van der Waals surface area contributed by atoms with Crippen LogP contribution in [0.5, 0.6) is 0 Å². The summed E-state index contributed by atoms with van der Waals surface area (Å²) >= 11 is 0. The minimum atomic E-state index is -0.227. The summed E-state index contributed by atoms with van der Waals surface area (Å²) < 4.78 is 6.78. The maximum Gasteiger partial charge on any atom is 0.274 e. The smallest absolute Gasteiger partial charge is 0.274 e. The Morgan fingerprint density at radius 1 is 1.61 bits per heavy atom. The van der Waals surface area contributed by atoms with E-state index in [-0.39, 0.29) is 11.9 Å². The zero-order chi connectivity index (χ0) is 13.1. The van der Waals surface area contributed by atoms with Gasteiger partial charge in [-0.3, -0.25) is 9.48 Å². The van der Waals surface area contributed by atoms with Gasteiger partial charge in [0.2, 0.25) is 0 Å². The molecule has 6 nitrogen and oxygen atoms in total. The SMILES string of the molecule is CCC(NC(=O)c1ncoc1C)c1ccnn1C. The van der Waals surface area contributed by atoms with E-state index in [0.29, 0.717) is 11.5 Å². The molecule has 1 unspecified atom stereocenters. The standard InChI is InChI=1S/C12H16N4O2/c1-4-9(10-5-6-14-16(10)3)15-12(17)11-8(2)18-7-13-11/h5-7,9H,4H2,1-3H3,(H,15,17). The lowest BCUT2D eigenvalue weighted by Crippen LogP contribution is -2.30. The van der Waals surface area contributed by atoms with Crippen molar-refractivity contribution in [1.29, 1.82) is 0 Å². The molecule has 0 radical (unpaired) electrons. The molecule has 0 fully saturated rings. The second-order valence-corrected chi connectivity index (χ2v) is 4.07. The Labute approximate surface area is 105 Å². The van der Waals surface area contributed by atoms with E-state index in [0.717, 1.165) is 12.1 Å². The minimum Gasteiger partial charge on any atom is -0.448 e. The molecule has 1 amide bonds. The number of carbonyl (C=O) groups is 1. The molecule has 0 aliphatic rings. The summed E-state index contributed by atoms with van der Waals surface area (Å²) in [4.78, 5) is 15.9. The van der Waals surface area contributed by atoms with Gasteiger partial charge in [0, 0.05) is 13.2 Å². The van der Waals surface area contributed by atoms with E-state index < -0.39 is 0 Å². The number of hydrogen-bond acceptors (Lipinski definition) is 4. The number of aromatic nitrogens is 3. The molecule has 0 spiro atoms. The number of nitrogens with zero attached hydrogens (tertiary/aromatic N) is 3. The summed E-state index contributed by atoms with van der Waals surface area (Å²) in [5.41, 5.74) is 1.29. The fraction of sp³-hybridized carbons (Fsp3) is 0.417. The molecular formula is C12H16N4O2. The Balaban J connectivity index is 2.15. The van der Waals surface area contributed by atoms with Crippen LogP contribution in [0.25, 0.3) is 0 Å². The third kappa shape index (κ3) is 2.27. The fourth-order valence-electron chi connectivity index (χ4n) is 1.86. The van der Waals surface area contributed by atoms with Gasteiger partial charge >= 0.3 is 0 Å². The van der Waals surface area contributed by atoms with Crippen LogP contribution in [0.1, 0.15) is 41.3 Å². The maximum absolute atomic E-state index is 12.0. The van der Waals surface area contributed by atoms with E-state index in [1.807, 2.05) is 20.0 Å². The van der Waals surface area contributed by atoms with Crippen molar-refractivity contribution in [2.45, 2.75) is 26.3 Å². The van der Waals surface area contributed by atoms with Gasteiger partial charge < -0.3 is 9.73 Å². The first-order valence-corrected chi connectivity index (χ1v) is 5.82. The second kappa shape index (κ2) is 5.03. The van der Waals surface area contributed by atoms with Crippen LogP contribution in [-0.2, 0) is 7.05 Å². The van der Waals surface area contributed by atoms with Gasteiger partial charge in [0.25, 0.3) is 5.91 Å². The summed E-state index contributed by atoms with van der Waals surface area (Å²) in [6, 6.07) is 1.81. The highest BCUT2D eigenvalue weighted by atomic mass is 16.3. The van der Waals surface area contributed by atoms with E-state index in [1.54, 1.807) is 17.8 Å². The number of aryl methyl sites for hydroxylation is 2. The van der Waals surface area contributed by atoms with Gasteiger partial charge in [-0.15, -0.1) is 0 Å². The van der Waals surface area contributed by atoms with Crippen molar-refractivity contribution in [2.24, 2.45) is 7.05 Å². The highest BCUT2D eigenvalue weighted by molar-refractivity contribution is 5.93. The molecule has 96 valence electrons. The zero-order valence-corrected chi connectivity index (χ0v) is 10.7. The van der Waals surface area contributed by atoms with E-state index in [1.165, 1.54) is 6.39 Å². The van der Waals surface area contributed by atoms with Crippen molar-refractivity contribution in [3.63, 3.8) is 0 Å². The molecular weight excluding hydrogens is 232 g/mol. The Hall–Kier alpha value is -2.11. The number of carbonyl (C=O) groups excluding carboxylic acids is 1. The number of hydrogen-bond donors (Lipinski definition) is 1. The highest BCUT2D eigenvalue weighted by Crippen LogP contribution is 2.16. The third-order valence-corrected chi connectivity index (χ3v) is 2.89. The molecule has 2 aromatic rings. The Kier molecular flexibility index (Phi) is 3.45. The maximum atomic E-state index is 12.0. The van der Waals surface area contributed by atoms with Gasteiger partial charge in [0.15, 0.2) is 12.1 Å². The lowest BCUT2D eigenvalue weighted by Gasteiger charge is -2.16. The molecule has 1 N–H and O–H groups in total. The van der Waals surface area contributed by atoms with E-state index >= 15 is 0 Å². The van der Waals surface area contributed by atoms with Crippen molar-refractivity contribution in [3.05, 3.63) is 35.8 Å². The van der Waals surface area contributed by atoms with E-state index in [4.69, 9.17) is 4.42 Å². The van der Waals surface area contributed by atoms with Crippen LogP contribution in [0, 0.1) is 6.92 Å². The molecule has 2 aromatic heterocycles. The molecule has 0 aromatic carbocycles. The number of rotatable bonds is 4. The molecule has 0 saturated carbocycles. The van der Waals surface area contributed by atoms with Crippen LogP contribution < -0.4 is 5.32 Å². The largest absolute Gasteiger partial charge is 0.448 e. The third-order valence-electron chi connectivity index (χ3n) is 2.89. The molecule has 0 aliphatic heterocycles. The summed E-state index contributed by atoms with van der Waals surface area (Å²) in [6.07, 6.45) is 3.77. The molecule has 2 rings (SSSR count). The topological polar surface area (TPSA) is 73.0 Å². The Morgan fingerprint density at radius 2 is 2.39 bits per heavy atom. The van der Waals surface area contributed by atoms with E-state index in [9.17, 15) is 4.79 Å². The predicted octanol–water partition coefficient (Wildman–Crippen LogP) is 1.60. The Bertz CT molecular complexity index is 544. The molecule has 6 heteroatoms. The van der Waals surface area contributed by atoms with Crippen molar-refractivity contribution < 1.29 is 9.21 Å². The average Bonchev–Trinajstić information content (AvgIpc) is 2.95.